The van der Waals surface area contributed by atoms with Crippen LogP contribution in [0.1, 0.15) is 5.56 Å². The van der Waals surface area contributed by atoms with Crippen molar-refractivity contribution in [1.82, 2.24) is 14.9 Å². The van der Waals surface area contributed by atoms with Crippen LogP contribution in [-0.4, -0.2) is 14.9 Å². The summed E-state index contributed by atoms with van der Waals surface area (Å²) in [4.78, 5) is 0. The largest absolute Gasteiger partial charge is 0.416 e. The van der Waals surface area contributed by atoms with Crippen molar-refractivity contribution in [3.8, 4) is 11.4 Å². The smallest absolute Gasteiger partial charge is 0.335 e. The van der Waals surface area contributed by atoms with E-state index in [9.17, 15) is 17.6 Å². The molecule has 0 bridgehead atoms. The van der Waals surface area contributed by atoms with E-state index in [0.717, 1.165) is 4.68 Å². The second kappa shape index (κ2) is 4.09. The molecule has 2 aromatic rings. The van der Waals surface area contributed by atoms with E-state index in [1.54, 1.807) is 0 Å². The first-order valence-electron chi connectivity index (χ1n) is 4.60. The number of H-pyrrole nitrogens is 1. The number of nitrogens with two attached hydrogens (primary N) is 1. The Labute approximate surface area is 103 Å². The number of benzene rings is 1. The first-order chi connectivity index (χ1) is 8.30. The zero-order chi connectivity index (χ0) is 13.5. The van der Waals surface area contributed by atoms with E-state index in [1.807, 2.05) is 0 Å². The van der Waals surface area contributed by atoms with Gasteiger partial charge in [0.1, 0.15) is 5.82 Å². The molecule has 1 aromatic carbocycles. The van der Waals surface area contributed by atoms with Gasteiger partial charge in [0, 0.05) is 0 Å². The molecule has 0 atom stereocenters. The second-order valence-electron chi connectivity index (χ2n) is 3.41. The van der Waals surface area contributed by atoms with Gasteiger partial charge in [-0.05, 0) is 30.4 Å². The van der Waals surface area contributed by atoms with Gasteiger partial charge < -0.3 is 5.84 Å². The lowest BCUT2D eigenvalue weighted by molar-refractivity contribution is -0.137. The van der Waals surface area contributed by atoms with E-state index in [-0.39, 0.29) is 16.2 Å². The van der Waals surface area contributed by atoms with Crippen molar-refractivity contribution in [2.24, 2.45) is 0 Å². The fourth-order valence-electron chi connectivity index (χ4n) is 1.37. The number of nitrogen functional groups attached to an aromatic ring is 1. The minimum atomic E-state index is -4.57. The van der Waals surface area contributed by atoms with Crippen molar-refractivity contribution >= 4 is 12.2 Å². The third-order valence-corrected chi connectivity index (χ3v) is 2.53. The fourth-order valence-corrected chi connectivity index (χ4v) is 1.50. The SMILES string of the molecule is Nn1c(-c2cc(C(F)(F)F)ccc2F)n[nH]c1=S. The second-order valence-corrected chi connectivity index (χ2v) is 3.80. The Morgan fingerprint density at radius 1 is 1.33 bits per heavy atom. The number of hydrogen-bond donors (Lipinski definition) is 2. The third-order valence-electron chi connectivity index (χ3n) is 2.24. The molecule has 3 N–H and O–H groups in total. The molecule has 9 heteroatoms. The number of halogens is 4. The highest BCUT2D eigenvalue weighted by molar-refractivity contribution is 7.71. The lowest BCUT2D eigenvalue weighted by Crippen LogP contribution is -2.12. The van der Waals surface area contributed by atoms with Gasteiger partial charge in [0.15, 0.2) is 5.82 Å². The summed E-state index contributed by atoms with van der Waals surface area (Å²) in [7, 11) is 0. The van der Waals surface area contributed by atoms with E-state index in [1.165, 1.54) is 0 Å². The van der Waals surface area contributed by atoms with Gasteiger partial charge in [-0.15, -0.1) is 0 Å². The maximum Gasteiger partial charge on any atom is 0.416 e. The molecule has 0 amide bonds. The molecule has 0 unspecified atom stereocenters. The Balaban J connectivity index is 2.64. The average molecular weight is 278 g/mol. The van der Waals surface area contributed by atoms with Crippen LogP contribution in [0.15, 0.2) is 18.2 Å². The summed E-state index contributed by atoms with van der Waals surface area (Å²) >= 11 is 4.70. The first-order valence-corrected chi connectivity index (χ1v) is 5.01. The van der Waals surface area contributed by atoms with Crippen molar-refractivity contribution in [2.75, 3.05) is 5.84 Å². The summed E-state index contributed by atoms with van der Waals surface area (Å²) < 4.78 is 51.8. The lowest BCUT2D eigenvalue weighted by atomic mass is 10.1. The Bertz CT molecular complexity index is 643. The Hall–Kier alpha value is -1.90. The van der Waals surface area contributed by atoms with E-state index in [0.29, 0.717) is 18.2 Å². The maximum atomic E-state index is 13.5. The number of nitrogens with zero attached hydrogens (tertiary/aromatic N) is 2. The third kappa shape index (κ3) is 2.08. The zero-order valence-electron chi connectivity index (χ0n) is 8.62. The van der Waals surface area contributed by atoms with Crippen molar-refractivity contribution in [3.63, 3.8) is 0 Å². The normalized spacial score (nSPS) is 11.8. The molecule has 0 saturated heterocycles. The highest BCUT2D eigenvalue weighted by Gasteiger charge is 2.31. The molecule has 0 aliphatic rings. The Kier molecular flexibility index (Phi) is 2.85. The summed E-state index contributed by atoms with van der Waals surface area (Å²) in [6.45, 7) is 0. The van der Waals surface area contributed by atoms with Crippen LogP contribution in [0.4, 0.5) is 17.6 Å². The molecule has 18 heavy (non-hydrogen) atoms. The highest BCUT2D eigenvalue weighted by Crippen LogP contribution is 2.32. The van der Waals surface area contributed by atoms with E-state index >= 15 is 0 Å². The lowest BCUT2D eigenvalue weighted by Gasteiger charge is -2.09. The number of hydrogen-bond acceptors (Lipinski definition) is 3. The monoisotopic (exact) mass is 278 g/mol. The van der Waals surface area contributed by atoms with E-state index in [2.05, 4.69) is 10.2 Å². The quantitative estimate of drug-likeness (QED) is 0.478. The molecule has 0 aliphatic heterocycles. The minimum absolute atomic E-state index is 0.0261. The summed E-state index contributed by atoms with van der Waals surface area (Å²) in [5.74, 6) is 4.36. The Morgan fingerprint density at radius 2 is 2.00 bits per heavy atom. The highest BCUT2D eigenvalue weighted by atomic mass is 32.1. The summed E-state index contributed by atoms with van der Waals surface area (Å²) in [5, 5.41) is 5.85. The molecule has 0 fully saturated rings. The van der Waals surface area contributed by atoms with Crippen LogP contribution in [0.2, 0.25) is 0 Å². The van der Waals surface area contributed by atoms with Gasteiger partial charge in [-0.2, -0.15) is 18.3 Å². The van der Waals surface area contributed by atoms with Gasteiger partial charge in [-0.25, -0.2) is 14.2 Å². The predicted molar refractivity (Wildman–Crippen MR) is 58.0 cm³/mol. The molecule has 1 heterocycles. The molecular weight excluding hydrogens is 272 g/mol. The van der Waals surface area contributed by atoms with Crippen LogP contribution >= 0.6 is 12.2 Å². The zero-order valence-corrected chi connectivity index (χ0v) is 9.44. The fraction of sp³-hybridized carbons (Fsp3) is 0.111. The molecule has 96 valence electrons. The van der Waals surface area contributed by atoms with Crippen molar-refractivity contribution in [2.45, 2.75) is 6.18 Å². The molecule has 0 aliphatic carbocycles. The summed E-state index contributed by atoms with van der Waals surface area (Å²) in [5.41, 5.74) is -1.37. The van der Waals surface area contributed by atoms with Gasteiger partial charge in [0.25, 0.3) is 0 Å². The van der Waals surface area contributed by atoms with Crippen LogP contribution in [0.5, 0.6) is 0 Å². The van der Waals surface area contributed by atoms with E-state index < -0.39 is 17.6 Å². The number of alkyl halides is 3. The van der Waals surface area contributed by atoms with Gasteiger partial charge in [-0.3, -0.25) is 0 Å². The molecular formula is C9H6F4N4S. The van der Waals surface area contributed by atoms with Crippen molar-refractivity contribution in [1.29, 1.82) is 0 Å². The Morgan fingerprint density at radius 3 is 2.50 bits per heavy atom. The number of aromatic amines is 1. The van der Waals surface area contributed by atoms with Gasteiger partial charge in [0.05, 0.1) is 11.1 Å². The van der Waals surface area contributed by atoms with Crippen LogP contribution in [-0.2, 0) is 6.18 Å². The number of rotatable bonds is 1. The molecule has 2 rings (SSSR count). The number of nitrogens with one attached hydrogen (secondary N) is 1. The van der Waals surface area contributed by atoms with Crippen LogP contribution in [0.3, 0.4) is 0 Å². The van der Waals surface area contributed by atoms with Crippen molar-refractivity contribution in [3.05, 3.63) is 34.4 Å². The topological polar surface area (TPSA) is 59.6 Å². The predicted octanol–water partition coefficient (Wildman–Crippen LogP) is 2.48. The average Bonchev–Trinajstić information content (AvgIpc) is 2.59. The first kappa shape index (κ1) is 12.6. The molecule has 0 radical (unpaired) electrons. The van der Waals surface area contributed by atoms with Crippen molar-refractivity contribution < 1.29 is 17.6 Å². The summed E-state index contributed by atoms with van der Waals surface area (Å²) in [6, 6.07) is 1.97. The maximum absolute atomic E-state index is 13.5. The standard InChI is InChI=1S/C9H6F4N4S/c10-6-2-1-4(9(11,12)13)3-5(6)7-15-16-8(18)17(7)14/h1-3H,14H2,(H,16,18). The summed E-state index contributed by atoms with van der Waals surface area (Å²) in [6.07, 6.45) is -4.57. The number of aromatic nitrogens is 3. The van der Waals surface area contributed by atoms with Gasteiger partial charge >= 0.3 is 6.18 Å². The van der Waals surface area contributed by atoms with Crippen LogP contribution in [0.25, 0.3) is 11.4 Å². The van der Waals surface area contributed by atoms with Crippen LogP contribution < -0.4 is 5.84 Å². The molecule has 0 spiro atoms. The van der Waals surface area contributed by atoms with Gasteiger partial charge in [-0.1, -0.05) is 0 Å². The van der Waals surface area contributed by atoms with Gasteiger partial charge in [0.2, 0.25) is 4.77 Å². The van der Waals surface area contributed by atoms with Crippen LogP contribution in [0, 0.1) is 10.6 Å². The van der Waals surface area contributed by atoms with E-state index in [4.69, 9.17) is 18.1 Å². The molecule has 4 nitrogen and oxygen atoms in total. The minimum Gasteiger partial charge on any atom is -0.335 e. The molecule has 0 saturated carbocycles. The molecule has 1 aromatic heterocycles.